The van der Waals surface area contributed by atoms with Crippen LogP contribution in [0.5, 0.6) is 5.75 Å². The van der Waals surface area contributed by atoms with Gasteiger partial charge >= 0.3 is 5.97 Å². The van der Waals surface area contributed by atoms with E-state index in [0.29, 0.717) is 16.5 Å². The van der Waals surface area contributed by atoms with Gasteiger partial charge in [-0.1, -0.05) is 41.4 Å². The maximum absolute atomic E-state index is 11.9. The van der Waals surface area contributed by atoms with E-state index in [1.54, 1.807) is 24.3 Å². The molecule has 0 spiro atoms. The third kappa shape index (κ3) is 5.97. The molecule has 0 aliphatic rings. The van der Waals surface area contributed by atoms with Crippen molar-refractivity contribution in [3.05, 3.63) is 64.7 Å². The highest BCUT2D eigenvalue weighted by Gasteiger charge is 2.10. The summed E-state index contributed by atoms with van der Waals surface area (Å²) in [6.45, 7) is 1.57. The molecular weight excluding hydrogens is 342 g/mol. The third-order valence-corrected chi connectivity index (χ3v) is 3.51. The zero-order valence-corrected chi connectivity index (χ0v) is 14.7. The van der Waals surface area contributed by atoms with Gasteiger partial charge in [-0.2, -0.15) is 0 Å². The quantitative estimate of drug-likeness (QED) is 0.628. The molecule has 25 heavy (non-hydrogen) atoms. The number of aryl methyl sites for hydroxylation is 1. The summed E-state index contributed by atoms with van der Waals surface area (Å²) in [4.78, 5) is 23.6. The zero-order valence-electron chi connectivity index (χ0n) is 13.9. The molecule has 130 valence electrons. The molecule has 0 heterocycles. The lowest BCUT2D eigenvalue weighted by Crippen LogP contribution is -2.20. The van der Waals surface area contributed by atoms with Gasteiger partial charge < -0.3 is 14.8 Å². The van der Waals surface area contributed by atoms with Crippen molar-refractivity contribution in [1.82, 2.24) is 0 Å². The normalized spacial score (nSPS) is 10.5. The number of carbonyl (C=O) groups is 2. The number of halogens is 1. The van der Waals surface area contributed by atoms with Crippen LogP contribution in [0, 0.1) is 6.92 Å². The fourth-order valence-electron chi connectivity index (χ4n) is 1.99. The van der Waals surface area contributed by atoms with Gasteiger partial charge in [0.1, 0.15) is 5.75 Å². The smallest absolute Gasteiger partial charge is 0.331 e. The van der Waals surface area contributed by atoms with Crippen molar-refractivity contribution in [1.29, 1.82) is 0 Å². The minimum atomic E-state index is -0.603. The second kappa shape index (κ2) is 8.89. The number of rotatable bonds is 6. The molecule has 0 radical (unpaired) electrons. The number of carbonyl (C=O) groups excluding carboxylic acids is 2. The van der Waals surface area contributed by atoms with Gasteiger partial charge in [0.2, 0.25) is 0 Å². The van der Waals surface area contributed by atoms with Crippen molar-refractivity contribution >= 4 is 35.2 Å². The van der Waals surface area contributed by atoms with Crippen molar-refractivity contribution in [2.45, 2.75) is 6.92 Å². The number of benzene rings is 2. The summed E-state index contributed by atoms with van der Waals surface area (Å²) in [5.41, 5.74) is 2.41. The Balaban J connectivity index is 1.86. The van der Waals surface area contributed by atoms with Crippen LogP contribution in [0.2, 0.25) is 5.02 Å². The molecule has 1 N–H and O–H groups in total. The molecule has 0 aliphatic carbocycles. The summed E-state index contributed by atoms with van der Waals surface area (Å²) in [6, 6.07) is 12.5. The van der Waals surface area contributed by atoms with E-state index in [2.05, 4.69) is 5.32 Å². The van der Waals surface area contributed by atoms with Crippen LogP contribution < -0.4 is 10.1 Å². The number of hydrogen-bond donors (Lipinski definition) is 1. The lowest BCUT2D eigenvalue weighted by atomic mass is 10.1. The van der Waals surface area contributed by atoms with Crippen LogP contribution >= 0.6 is 11.6 Å². The fraction of sp³-hybridized carbons (Fsp3) is 0.158. The van der Waals surface area contributed by atoms with Crippen LogP contribution in [-0.4, -0.2) is 25.6 Å². The minimum absolute atomic E-state index is 0.409. The zero-order chi connectivity index (χ0) is 18.2. The standard InChI is InChI=1S/C19H18ClNO4/c1-13-3-5-14(6-4-13)7-10-19(23)25-12-18(22)21-16-11-15(20)8-9-17(16)24-2/h3-11H,12H2,1-2H3,(H,21,22)/b10-7+. The van der Waals surface area contributed by atoms with Gasteiger partial charge in [-0.25, -0.2) is 4.79 Å². The Morgan fingerprint density at radius 2 is 1.88 bits per heavy atom. The predicted octanol–water partition coefficient (Wildman–Crippen LogP) is 3.85. The van der Waals surface area contributed by atoms with Gasteiger partial charge in [-0.15, -0.1) is 0 Å². The Morgan fingerprint density at radius 1 is 1.16 bits per heavy atom. The van der Waals surface area contributed by atoms with Crippen molar-refractivity contribution in [2.75, 3.05) is 19.0 Å². The summed E-state index contributed by atoms with van der Waals surface area (Å²) in [6.07, 6.45) is 2.90. The molecule has 0 atom stereocenters. The molecule has 0 fully saturated rings. The van der Waals surface area contributed by atoms with Crippen LogP contribution in [-0.2, 0) is 14.3 Å². The molecule has 2 aromatic carbocycles. The van der Waals surface area contributed by atoms with E-state index in [0.717, 1.165) is 11.1 Å². The molecular formula is C19H18ClNO4. The lowest BCUT2D eigenvalue weighted by molar-refractivity contribution is -0.142. The first kappa shape index (κ1) is 18.5. The molecule has 2 rings (SSSR count). The van der Waals surface area contributed by atoms with Crippen molar-refractivity contribution in [3.63, 3.8) is 0 Å². The number of hydrogen-bond acceptors (Lipinski definition) is 4. The van der Waals surface area contributed by atoms with Crippen LogP contribution in [0.4, 0.5) is 5.69 Å². The number of esters is 1. The Morgan fingerprint density at radius 3 is 2.56 bits per heavy atom. The highest BCUT2D eigenvalue weighted by Crippen LogP contribution is 2.27. The van der Waals surface area contributed by atoms with E-state index in [9.17, 15) is 9.59 Å². The molecule has 0 unspecified atom stereocenters. The molecule has 0 saturated carbocycles. The van der Waals surface area contributed by atoms with Gasteiger partial charge in [-0.3, -0.25) is 4.79 Å². The van der Waals surface area contributed by atoms with Crippen LogP contribution in [0.1, 0.15) is 11.1 Å². The average molecular weight is 360 g/mol. The van der Waals surface area contributed by atoms with Gasteiger partial charge in [0.25, 0.3) is 5.91 Å². The Bertz CT molecular complexity index is 785. The molecule has 6 heteroatoms. The molecule has 0 aliphatic heterocycles. The summed E-state index contributed by atoms with van der Waals surface area (Å²) in [7, 11) is 1.48. The minimum Gasteiger partial charge on any atom is -0.495 e. The topological polar surface area (TPSA) is 64.6 Å². The molecule has 0 aromatic heterocycles. The van der Waals surface area contributed by atoms with Gasteiger partial charge in [0.05, 0.1) is 12.8 Å². The van der Waals surface area contributed by atoms with Gasteiger partial charge in [0.15, 0.2) is 6.61 Å². The summed E-state index contributed by atoms with van der Waals surface area (Å²) in [5, 5.41) is 3.04. The molecule has 0 bridgehead atoms. The SMILES string of the molecule is COc1ccc(Cl)cc1NC(=O)COC(=O)/C=C/c1ccc(C)cc1. The summed E-state index contributed by atoms with van der Waals surface area (Å²) < 4.78 is 10.0. The van der Waals surface area contributed by atoms with Crippen molar-refractivity contribution in [2.24, 2.45) is 0 Å². The predicted molar refractivity (Wildman–Crippen MR) is 97.8 cm³/mol. The monoisotopic (exact) mass is 359 g/mol. The molecule has 0 saturated heterocycles. The van der Waals surface area contributed by atoms with E-state index in [-0.39, 0.29) is 0 Å². The second-order valence-electron chi connectivity index (χ2n) is 5.24. The van der Waals surface area contributed by atoms with Gasteiger partial charge in [0, 0.05) is 11.1 Å². The van der Waals surface area contributed by atoms with Crippen LogP contribution in [0.15, 0.2) is 48.5 Å². The maximum Gasteiger partial charge on any atom is 0.331 e. The molecule has 2 aromatic rings. The number of nitrogens with one attached hydrogen (secondary N) is 1. The average Bonchev–Trinajstić information content (AvgIpc) is 2.59. The first-order chi connectivity index (χ1) is 12.0. The van der Waals surface area contributed by atoms with E-state index >= 15 is 0 Å². The highest BCUT2D eigenvalue weighted by molar-refractivity contribution is 6.31. The van der Waals surface area contributed by atoms with E-state index in [1.165, 1.54) is 13.2 Å². The van der Waals surface area contributed by atoms with Crippen molar-refractivity contribution < 1.29 is 19.1 Å². The van der Waals surface area contributed by atoms with Crippen LogP contribution in [0.25, 0.3) is 6.08 Å². The number of amides is 1. The number of methoxy groups -OCH3 is 1. The van der Waals surface area contributed by atoms with Crippen LogP contribution in [0.3, 0.4) is 0 Å². The summed E-state index contributed by atoms with van der Waals surface area (Å²) in [5.74, 6) is -0.630. The summed E-state index contributed by atoms with van der Waals surface area (Å²) >= 11 is 5.89. The maximum atomic E-state index is 11.9. The third-order valence-electron chi connectivity index (χ3n) is 3.27. The van der Waals surface area contributed by atoms with E-state index in [1.807, 2.05) is 31.2 Å². The Hall–Kier alpha value is -2.79. The lowest BCUT2D eigenvalue weighted by Gasteiger charge is -2.10. The second-order valence-corrected chi connectivity index (χ2v) is 5.68. The highest BCUT2D eigenvalue weighted by atomic mass is 35.5. The van der Waals surface area contributed by atoms with E-state index in [4.69, 9.17) is 21.1 Å². The first-order valence-corrected chi connectivity index (χ1v) is 7.90. The first-order valence-electron chi connectivity index (χ1n) is 7.53. The molecule has 5 nitrogen and oxygen atoms in total. The largest absolute Gasteiger partial charge is 0.495 e. The number of anilines is 1. The molecule has 1 amide bonds. The Kier molecular flexibility index (Phi) is 6.60. The fourth-order valence-corrected chi connectivity index (χ4v) is 2.16. The van der Waals surface area contributed by atoms with Crippen molar-refractivity contribution in [3.8, 4) is 5.75 Å². The van der Waals surface area contributed by atoms with E-state index < -0.39 is 18.5 Å². The van der Waals surface area contributed by atoms with Gasteiger partial charge in [-0.05, 0) is 36.8 Å². The Labute approximate surface area is 151 Å². The number of ether oxygens (including phenoxy) is 2.